The maximum atomic E-state index is 12.8. The summed E-state index contributed by atoms with van der Waals surface area (Å²) in [6.07, 6.45) is -3.21. The summed E-state index contributed by atoms with van der Waals surface area (Å²) in [5.41, 5.74) is 0.534. The van der Waals surface area contributed by atoms with E-state index in [4.69, 9.17) is 4.42 Å². The quantitative estimate of drug-likeness (QED) is 0.654. The van der Waals surface area contributed by atoms with E-state index in [0.29, 0.717) is 43.4 Å². The predicted octanol–water partition coefficient (Wildman–Crippen LogP) is 4.29. The van der Waals surface area contributed by atoms with Crippen LogP contribution in [0.5, 0.6) is 0 Å². The summed E-state index contributed by atoms with van der Waals surface area (Å²) in [5, 5.41) is 10.9. The number of hydrogen-bond acceptors (Lipinski definition) is 5. The van der Waals surface area contributed by atoms with E-state index in [1.807, 2.05) is 35.2 Å². The summed E-state index contributed by atoms with van der Waals surface area (Å²) in [4.78, 5) is 14.4. The highest BCUT2D eigenvalue weighted by Gasteiger charge is 2.31. The van der Waals surface area contributed by atoms with Gasteiger partial charge in [-0.25, -0.2) is 0 Å². The fraction of sp³-hybridized carbons (Fsp3) is 0.318. The van der Waals surface area contributed by atoms with Crippen LogP contribution in [0.3, 0.4) is 0 Å². The van der Waals surface area contributed by atoms with Gasteiger partial charge in [0.25, 0.3) is 0 Å². The van der Waals surface area contributed by atoms with Crippen molar-refractivity contribution in [3.8, 4) is 11.5 Å². The van der Waals surface area contributed by atoms with Crippen molar-refractivity contribution in [2.24, 2.45) is 5.92 Å². The van der Waals surface area contributed by atoms with Gasteiger partial charge in [-0.05, 0) is 42.7 Å². The Labute approximate surface area is 177 Å². The van der Waals surface area contributed by atoms with Gasteiger partial charge in [0.2, 0.25) is 11.8 Å². The number of carbonyl (C=O) groups excluding carboxylic acids is 1. The Hall–Kier alpha value is -3.36. The molecule has 3 aromatic rings. The third-order valence-corrected chi connectivity index (χ3v) is 5.29. The first-order valence-electron chi connectivity index (χ1n) is 9.98. The lowest BCUT2D eigenvalue weighted by Crippen LogP contribution is -2.40. The number of nitrogens with one attached hydrogen (secondary N) is 1. The molecule has 31 heavy (non-hydrogen) atoms. The summed E-state index contributed by atoms with van der Waals surface area (Å²) in [5.74, 6) is 0.0719. The van der Waals surface area contributed by atoms with Gasteiger partial charge in [-0.1, -0.05) is 35.4 Å². The van der Waals surface area contributed by atoms with Crippen LogP contribution in [-0.4, -0.2) is 29.2 Å². The first kappa shape index (κ1) is 20.9. The van der Waals surface area contributed by atoms with Crippen molar-refractivity contribution in [1.29, 1.82) is 0 Å². The molecule has 0 bridgehead atoms. The van der Waals surface area contributed by atoms with Crippen molar-refractivity contribution in [1.82, 2.24) is 15.5 Å². The minimum Gasteiger partial charge on any atom is -0.403 e. The summed E-state index contributed by atoms with van der Waals surface area (Å²) < 4.78 is 44.2. The molecule has 9 heteroatoms. The minimum atomic E-state index is -4.40. The van der Waals surface area contributed by atoms with E-state index in [0.717, 1.165) is 17.7 Å². The van der Waals surface area contributed by atoms with Gasteiger partial charge in [0.15, 0.2) is 0 Å². The van der Waals surface area contributed by atoms with E-state index < -0.39 is 11.7 Å². The maximum Gasteiger partial charge on any atom is 0.416 e. The molecule has 0 saturated carbocycles. The molecule has 4 rings (SSSR count). The van der Waals surface area contributed by atoms with Crippen LogP contribution in [0.2, 0.25) is 0 Å². The van der Waals surface area contributed by atoms with E-state index in [-0.39, 0.29) is 18.4 Å². The number of anilines is 1. The van der Waals surface area contributed by atoms with Crippen LogP contribution in [0.1, 0.15) is 24.0 Å². The number of amides is 1. The van der Waals surface area contributed by atoms with Crippen LogP contribution in [0.25, 0.3) is 11.5 Å². The largest absolute Gasteiger partial charge is 0.416 e. The second-order valence-electron chi connectivity index (χ2n) is 7.43. The lowest BCUT2D eigenvalue weighted by atomic mass is 9.96. The molecule has 0 unspecified atom stereocenters. The standard InChI is InChI=1S/C22H21F3N4O2/c23-22(24,25)18-8-4-5-15(13-18)14-26-19(30)16-9-11-29(12-10-16)21-28-27-20(31-21)17-6-2-1-3-7-17/h1-8,13,16H,9-12,14H2,(H,26,30). The van der Waals surface area contributed by atoms with E-state index in [2.05, 4.69) is 15.5 Å². The van der Waals surface area contributed by atoms with Crippen molar-refractivity contribution in [3.63, 3.8) is 0 Å². The number of aromatic nitrogens is 2. The zero-order valence-electron chi connectivity index (χ0n) is 16.6. The van der Waals surface area contributed by atoms with Crippen molar-refractivity contribution in [2.45, 2.75) is 25.6 Å². The normalized spacial score (nSPS) is 15.1. The molecule has 0 aliphatic carbocycles. The smallest absolute Gasteiger partial charge is 0.403 e. The van der Waals surface area contributed by atoms with Crippen molar-refractivity contribution in [3.05, 3.63) is 65.7 Å². The Morgan fingerprint density at radius 3 is 2.52 bits per heavy atom. The zero-order valence-corrected chi connectivity index (χ0v) is 16.6. The number of piperidine rings is 1. The number of carbonyl (C=O) groups is 1. The average molecular weight is 430 g/mol. The molecule has 2 heterocycles. The van der Waals surface area contributed by atoms with Gasteiger partial charge in [-0.3, -0.25) is 4.79 Å². The summed E-state index contributed by atoms with van der Waals surface area (Å²) >= 11 is 0. The molecular formula is C22H21F3N4O2. The Morgan fingerprint density at radius 1 is 1.06 bits per heavy atom. The molecule has 6 nitrogen and oxygen atoms in total. The Kier molecular flexibility index (Phi) is 5.92. The van der Waals surface area contributed by atoms with E-state index in [1.165, 1.54) is 6.07 Å². The van der Waals surface area contributed by atoms with Crippen LogP contribution in [0.15, 0.2) is 59.0 Å². The molecule has 1 fully saturated rings. The van der Waals surface area contributed by atoms with Gasteiger partial charge in [-0.15, -0.1) is 5.10 Å². The lowest BCUT2D eigenvalue weighted by molar-refractivity contribution is -0.137. The molecule has 1 amide bonds. The molecule has 2 aromatic carbocycles. The van der Waals surface area contributed by atoms with Crippen molar-refractivity contribution < 1.29 is 22.4 Å². The average Bonchev–Trinajstić information content (AvgIpc) is 3.28. The van der Waals surface area contributed by atoms with Crippen LogP contribution in [-0.2, 0) is 17.5 Å². The predicted molar refractivity (Wildman–Crippen MR) is 108 cm³/mol. The van der Waals surface area contributed by atoms with Gasteiger partial charge in [0, 0.05) is 31.1 Å². The van der Waals surface area contributed by atoms with Gasteiger partial charge >= 0.3 is 12.2 Å². The minimum absolute atomic E-state index is 0.0626. The van der Waals surface area contributed by atoms with E-state index in [1.54, 1.807) is 6.07 Å². The summed E-state index contributed by atoms with van der Waals surface area (Å²) in [7, 11) is 0. The Morgan fingerprint density at radius 2 is 1.81 bits per heavy atom. The third-order valence-electron chi connectivity index (χ3n) is 5.29. The van der Waals surface area contributed by atoms with Crippen molar-refractivity contribution in [2.75, 3.05) is 18.0 Å². The monoisotopic (exact) mass is 430 g/mol. The summed E-state index contributed by atoms with van der Waals surface area (Å²) in [6.45, 7) is 1.23. The molecule has 162 valence electrons. The molecule has 0 spiro atoms. The summed E-state index contributed by atoms with van der Waals surface area (Å²) in [6, 6.07) is 14.9. The number of nitrogens with zero attached hydrogens (tertiary/aromatic N) is 3. The van der Waals surface area contributed by atoms with Crippen LogP contribution in [0.4, 0.5) is 19.2 Å². The van der Waals surface area contributed by atoms with Crippen LogP contribution < -0.4 is 10.2 Å². The molecule has 1 saturated heterocycles. The third kappa shape index (κ3) is 5.04. The van der Waals surface area contributed by atoms with Gasteiger partial charge in [0.1, 0.15) is 0 Å². The van der Waals surface area contributed by atoms with Crippen LogP contribution >= 0.6 is 0 Å². The number of halogens is 3. The molecule has 1 N–H and O–H groups in total. The van der Waals surface area contributed by atoms with E-state index >= 15 is 0 Å². The van der Waals surface area contributed by atoms with Crippen LogP contribution in [0, 0.1) is 5.92 Å². The van der Waals surface area contributed by atoms with Gasteiger partial charge in [-0.2, -0.15) is 13.2 Å². The fourth-order valence-corrected chi connectivity index (χ4v) is 3.56. The SMILES string of the molecule is O=C(NCc1cccc(C(F)(F)F)c1)C1CCN(c2nnc(-c3ccccc3)o2)CC1. The second-order valence-corrected chi connectivity index (χ2v) is 7.43. The number of alkyl halides is 3. The van der Waals surface area contributed by atoms with E-state index in [9.17, 15) is 18.0 Å². The number of rotatable bonds is 5. The second kappa shape index (κ2) is 8.79. The highest BCUT2D eigenvalue weighted by Crippen LogP contribution is 2.30. The molecule has 0 atom stereocenters. The fourth-order valence-electron chi connectivity index (χ4n) is 3.56. The first-order valence-corrected chi connectivity index (χ1v) is 9.98. The van der Waals surface area contributed by atoms with Gasteiger partial charge in [0.05, 0.1) is 5.56 Å². The maximum absolute atomic E-state index is 12.8. The molecule has 0 radical (unpaired) electrons. The van der Waals surface area contributed by atoms with Gasteiger partial charge < -0.3 is 14.6 Å². The molecule has 1 aromatic heterocycles. The molecule has 1 aliphatic heterocycles. The highest BCUT2D eigenvalue weighted by molar-refractivity contribution is 5.79. The topological polar surface area (TPSA) is 71.3 Å². The molecular weight excluding hydrogens is 409 g/mol. The number of benzene rings is 2. The Balaban J connectivity index is 1.29. The highest BCUT2D eigenvalue weighted by atomic mass is 19.4. The first-order chi connectivity index (χ1) is 14.9. The van der Waals surface area contributed by atoms with Crippen molar-refractivity contribution >= 4 is 11.9 Å². The zero-order chi connectivity index (χ0) is 21.8. The number of hydrogen-bond donors (Lipinski definition) is 1. The lowest BCUT2D eigenvalue weighted by Gasteiger charge is -2.29. The molecule has 1 aliphatic rings. The Bertz CT molecular complexity index is 1030.